The summed E-state index contributed by atoms with van der Waals surface area (Å²) in [7, 11) is 0. The molecule has 0 radical (unpaired) electrons. The van der Waals surface area contributed by atoms with Crippen LogP contribution in [0, 0.1) is 0 Å². The molecule has 0 saturated carbocycles. The Bertz CT molecular complexity index is 457. The molecule has 0 spiro atoms. The van der Waals surface area contributed by atoms with Crippen LogP contribution in [-0.4, -0.2) is 38.9 Å². The monoisotopic (exact) mass is 380 g/mol. The SMILES string of the molecule is CCCCCCCCC=CCCCCCCC[C@]1(O)C(=O)C=C[C@H](O)[C@H]1O. The van der Waals surface area contributed by atoms with Gasteiger partial charge in [0.2, 0.25) is 0 Å². The smallest absolute Gasteiger partial charge is 0.189 e. The zero-order valence-electron chi connectivity index (χ0n) is 17.1. The average Bonchev–Trinajstić information content (AvgIpc) is 2.66. The van der Waals surface area contributed by atoms with E-state index in [1.165, 1.54) is 63.5 Å². The van der Waals surface area contributed by atoms with E-state index in [4.69, 9.17) is 0 Å². The van der Waals surface area contributed by atoms with Crippen LogP contribution in [0.4, 0.5) is 0 Å². The van der Waals surface area contributed by atoms with Gasteiger partial charge in [0.25, 0.3) is 0 Å². The molecule has 0 amide bonds. The third kappa shape index (κ3) is 9.18. The summed E-state index contributed by atoms with van der Waals surface area (Å²) in [5.41, 5.74) is -1.83. The number of carbonyl (C=O) groups excluding carboxylic acids is 1. The summed E-state index contributed by atoms with van der Waals surface area (Å²) in [6.45, 7) is 2.25. The second-order valence-corrected chi connectivity index (χ2v) is 7.92. The molecule has 0 unspecified atom stereocenters. The van der Waals surface area contributed by atoms with E-state index < -0.39 is 23.6 Å². The number of aliphatic hydroxyl groups is 3. The number of allylic oxidation sites excluding steroid dienone is 2. The second kappa shape index (κ2) is 14.1. The number of rotatable bonds is 15. The molecule has 156 valence electrons. The van der Waals surface area contributed by atoms with Gasteiger partial charge in [-0.3, -0.25) is 4.79 Å². The Kier molecular flexibility index (Phi) is 12.6. The van der Waals surface area contributed by atoms with Crippen LogP contribution in [0.25, 0.3) is 0 Å². The predicted octanol–water partition coefficient (Wildman–Crippen LogP) is 4.62. The van der Waals surface area contributed by atoms with Crippen LogP contribution in [0.15, 0.2) is 24.3 Å². The van der Waals surface area contributed by atoms with Crippen LogP contribution in [0.3, 0.4) is 0 Å². The highest BCUT2D eigenvalue weighted by atomic mass is 16.4. The summed E-state index contributed by atoms with van der Waals surface area (Å²) in [6.07, 6.45) is 20.0. The van der Waals surface area contributed by atoms with Crippen molar-refractivity contribution in [2.45, 2.75) is 115 Å². The standard InChI is InChI=1S/C23H40O4/c1-2-3-4-5-6-7-8-9-10-11-12-13-14-15-16-19-23(27)21(25)18-17-20(24)22(23)26/h9-10,17-18,20,22,24,26-27H,2-8,11-16,19H2,1H3/t20-,22+,23-/m0/s1. The van der Waals surface area contributed by atoms with Crippen LogP contribution < -0.4 is 0 Å². The number of aliphatic hydroxyl groups excluding tert-OH is 2. The molecule has 0 aromatic heterocycles. The van der Waals surface area contributed by atoms with E-state index >= 15 is 0 Å². The van der Waals surface area contributed by atoms with Gasteiger partial charge in [-0.15, -0.1) is 0 Å². The highest BCUT2D eigenvalue weighted by molar-refractivity contribution is 5.98. The molecule has 1 rings (SSSR count). The van der Waals surface area contributed by atoms with E-state index in [9.17, 15) is 20.1 Å². The Hall–Kier alpha value is -0.970. The van der Waals surface area contributed by atoms with E-state index in [0.29, 0.717) is 6.42 Å². The Morgan fingerprint density at radius 1 is 0.889 bits per heavy atom. The summed E-state index contributed by atoms with van der Waals surface area (Å²) in [4.78, 5) is 11.8. The number of hydrogen-bond acceptors (Lipinski definition) is 4. The van der Waals surface area contributed by atoms with Gasteiger partial charge in [0, 0.05) is 0 Å². The van der Waals surface area contributed by atoms with Gasteiger partial charge in [-0.1, -0.05) is 76.9 Å². The van der Waals surface area contributed by atoms with Gasteiger partial charge in [0.1, 0.15) is 12.2 Å². The van der Waals surface area contributed by atoms with E-state index in [1.807, 2.05) is 0 Å². The highest BCUT2D eigenvalue weighted by Gasteiger charge is 2.46. The Labute approximate surface area is 165 Å². The molecule has 3 N–H and O–H groups in total. The normalized spacial score (nSPS) is 25.6. The summed E-state index contributed by atoms with van der Waals surface area (Å²) in [5.74, 6) is -0.504. The quantitative estimate of drug-likeness (QED) is 0.286. The van der Waals surface area contributed by atoms with Gasteiger partial charge in [-0.25, -0.2) is 0 Å². The first-order valence-electron chi connectivity index (χ1n) is 11.0. The molecule has 1 aliphatic carbocycles. The third-order valence-electron chi connectivity index (χ3n) is 5.50. The zero-order chi connectivity index (χ0) is 20.0. The first-order chi connectivity index (χ1) is 13.0. The zero-order valence-corrected chi connectivity index (χ0v) is 17.1. The highest BCUT2D eigenvalue weighted by Crippen LogP contribution is 2.27. The van der Waals surface area contributed by atoms with Crippen molar-refractivity contribution in [2.24, 2.45) is 0 Å². The van der Waals surface area contributed by atoms with E-state index in [-0.39, 0.29) is 6.42 Å². The minimum Gasteiger partial charge on any atom is -0.387 e. The van der Waals surface area contributed by atoms with Gasteiger partial charge >= 0.3 is 0 Å². The molecule has 0 fully saturated rings. The minimum atomic E-state index is -1.83. The average molecular weight is 381 g/mol. The fourth-order valence-electron chi connectivity index (χ4n) is 3.60. The van der Waals surface area contributed by atoms with Crippen LogP contribution in [0.2, 0.25) is 0 Å². The molecule has 0 aromatic carbocycles. The lowest BCUT2D eigenvalue weighted by Crippen LogP contribution is -2.56. The predicted molar refractivity (Wildman–Crippen MR) is 111 cm³/mol. The first-order valence-corrected chi connectivity index (χ1v) is 11.0. The molecule has 1 aliphatic rings. The lowest BCUT2D eigenvalue weighted by molar-refractivity contribution is -0.158. The van der Waals surface area contributed by atoms with E-state index in [1.54, 1.807) is 0 Å². The van der Waals surface area contributed by atoms with Crippen LogP contribution in [0.5, 0.6) is 0 Å². The second-order valence-electron chi connectivity index (χ2n) is 7.92. The maximum atomic E-state index is 11.8. The van der Waals surface area contributed by atoms with Gasteiger partial charge < -0.3 is 15.3 Å². The number of ketones is 1. The van der Waals surface area contributed by atoms with Crippen molar-refractivity contribution < 1.29 is 20.1 Å². The third-order valence-corrected chi connectivity index (χ3v) is 5.50. The molecule has 0 heterocycles. The summed E-state index contributed by atoms with van der Waals surface area (Å²) < 4.78 is 0. The van der Waals surface area contributed by atoms with Crippen molar-refractivity contribution in [3.63, 3.8) is 0 Å². The van der Waals surface area contributed by atoms with Crippen molar-refractivity contribution in [3.8, 4) is 0 Å². The molecule has 4 nitrogen and oxygen atoms in total. The Balaban J connectivity index is 1.98. The molecular weight excluding hydrogens is 340 g/mol. The van der Waals surface area contributed by atoms with Crippen molar-refractivity contribution in [1.29, 1.82) is 0 Å². The molecule has 0 aliphatic heterocycles. The van der Waals surface area contributed by atoms with Gasteiger partial charge in [-0.05, 0) is 44.3 Å². The molecule has 0 aromatic rings. The first kappa shape index (κ1) is 24.1. The topological polar surface area (TPSA) is 77.8 Å². The number of hydrogen-bond donors (Lipinski definition) is 3. The largest absolute Gasteiger partial charge is 0.387 e. The molecular formula is C23H40O4. The lowest BCUT2D eigenvalue weighted by Gasteiger charge is -2.35. The molecule has 0 saturated heterocycles. The fraction of sp³-hybridized carbons (Fsp3) is 0.783. The van der Waals surface area contributed by atoms with Crippen molar-refractivity contribution >= 4 is 5.78 Å². The molecule has 3 atom stereocenters. The van der Waals surface area contributed by atoms with Gasteiger partial charge in [-0.2, -0.15) is 0 Å². The fourth-order valence-corrected chi connectivity index (χ4v) is 3.60. The Morgan fingerprint density at radius 2 is 1.41 bits per heavy atom. The summed E-state index contributed by atoms with van der Waals surface area (Å²) in [5, 5.41) is 29.9. The Morgan fingerprint density at radius 3 is 2.00 bits per heavy atom. The van der Waals surface area contributed by atoms with E-state index in [2.05, 4.69) is 19.1 Å². The molecule has 0 bridgehead atoms. The number of unbranched alkanes of at least 4 members (excludes halogenated alkanes) is 11. The van der Waals surface area contributed by atoms with Crippen LogP contribution >= 0.6 is 0 Å². The van der Waals surface area contributed by atoms with Crippen LogP contribution in [0.1, 0.15) is 96.8 Å². The van der Waals surface area contributed by atoms with Gasteiger partial charge in [0.05, 0.1) is 0 Å². The van der Waals surface area contributed by atoms with Crippen molar-refractivity contribution in [1.82, 2.24) is 0 Å². The molecule has 4 heteroatoms. The summed E-state index contributed by atoms with van der Waals surface area (Å²) in [6, 6.07) is 0. The molecule has 27 heavy (non-hydrogen) atoms. The minimum absolute atomic E-state index is 0.201. The summed E-state index contributed by atoms with van der Waals surface area (Å²) >= 11 is 0. The lowest BCUT2D eigenvalue weighted by atomic mass is 9.80. The maximum Gasteiger partial charge on any atom is 0.189 e. The van der Waals surface area contributed by atoms with Crippen molar-refractivity contribution in [3.05, 3.63) is 24.3 Å². The maximum absolute atomic E-state index is 11.8. The van der Waals surface area contributed by atoms with E-state index in [0.717, 1.165) is 25.7 Å². The number of carbonyl (C=O) groups is 1. The van der Waals surface area contributed by atoms with Gasteiger partial charge in [0.15, 0.2) is 11.4 Å². The van der Waals surface area contributed by atoms with Crippen molar-refractivity contribution in [2.75, 3.05) is 0 Å². The van der Waals surface area contributed by atoms with Crippen LogP contribution in [-0.2, 0) is 4.79 Å².